The number of amides is 1. The van der Waals surface area contributed by atoms with Gasteiger partial charge in [-0.25, -0.2) is 0 Å². The molecule has 0 unspecified atom stereocenters. The maximum Gasteiger partial charge on any atom is 2.00 e. The number of nitrogens with zero attached hydrogens (tertiary/aromatic N) is 1. The van der Waals surface area contributed by atoms with Gasteiger partial charge >= 0.3 is 19.8 Å². The summed E-state index contributed by atoms with van der Waals surface area (Å²) in [5, 5.41) is 0. The number of rotatable bonds is 7. The van der Waals surface area contributed by atoms with Gasteiger partial charge in [-0.05, 0) is 25.2 Å². The first kappa shape index (κ1) is 22.4. The van der Waals surface area contributed by atoms with Crippen LogP contribution in [0.2, 0.25) is 0 Å². The fraction of sp³-hybridized carbons (Fsp3) is 0.824. The number of carbonyl (C=O) groups excluding carboxylic acids is 1. The molecule has 20 heavy (non-hydrogen) atoms. The van der Waals surface area contributed by atoms with E-state index in [-0.39, 0.29) is 19.8 Å². The first-order valence-electron chi connectivity index (χ1n) is 8.05. The van der Waals surface area contributed by atoms with Gasteiger partial charge in [0, 0.05) is 19.5 Å². The van der Waals surface area contributed by atoms with Crippen LogP contribution >= 0.6 is 0 Å². The maximum absolute atomic E-state index is 11.9. The third kappa shape index (κ3) is 9.92. The Labute approximate surface area is 140 Å². The van der Waals surface area contributed by atoms with Crippen molar-refractivity contribution in [3.8, 4) is 0 Å². The van der Waals surface area contributed by atoms with E-state index in [2.05, 4.69) is 25.7 Å². The Hall–Kier alpha value is 0.106. The minimum Gasteiger partial charge on any atom is -0.346 e. The number of carbonyl (C=O) groups is 1. The first-order chi connectivity index (χ1) is 9.27. The molecule has 2 nitrogen and oxygen atoms in total. The van der Waals surface area contributed by atoms with Gasteiger partial charge in [0.1, 0.15) is 0 Å². The van der Waals surface area contributed by atoms with Crippen LogP contribution < -0.4 is 0 Å². The summed E-state index contributed by atoms with van der Waals surface area (Å²) in [5.41, 5.74) is 0. The van der Waals surface area contributed by atoms with Crippen LogP contribution in [0.25, 0.3) is 0 Å². The average molecular weight is 458 g/mol. The predicted octanol–water partition coefficient (Wildman–Crippen LogP) is 4.65. The maximum atomic E-state index is 11.9. The molecule has 0 spiro atoms. The molecule has 0 bridgehead atoms. The molecule has 0 atom stereocenters. The van der Waals surface area contributed by atoms with Crippen LogP contribution in [0, 0.1) is 19.8 Å². The van der Waals surface area contributed by atoms with Crippen molar-refractivity contribution in [3.05, 3.63) is 13.8 Å². The van der Waals surface area contributed by atoms with Gasteiger partial charge in [-0.2, -0.15) is 13.3 Å². The number of hydrogen-bond acceptors (Lipinski definition) is 1. The van der Waals surface area contributed by atoms with Crippen LogP contribution in [-0.2, 0) is 24.6 Å². The Morgan fingerprint density at radius 1 is 1.10 bits per heavy atom. The van der Waals surface area contributed by atoms with Gasteiger partial charge in [0.2, 0.25) is 5.91 Å². The molecule has 0 radical (unpaired) electrons. The molecular weight excluding hydrogens is 424 g/mol. The molecule has 1 saturated heterocycles. The second-order valence-electron chi connectivity index (χ2n) is 5.25. The molecule has 0 aliphatic carbocycles. The second-order valence-corrected chi connectivity index (χ2v) is 5.25. The molecule has 1 amide bonds. The van der Waals surface area contributed by atoms with Crippen molar-refractivity contribution in [2.24, 2.45) is 5.92 Å². The van der Waals surface area contributed by atoms with E-state index < -0.39 is 0 Å². The van der Waals surface area contributed by atoms with Crippen LogP contribution in [0.4, 0.5) is 0 Å². The molecule has 0 N–H and O–H groups in total. The molecule has 120 valence electrons. The summed E-state index contributed by atoms with van der Waals surface area (Å²) in [5.74, 6) is 1.24. The van der Waals surface area contributed by atoms with E-state index in [9.17, 15) is 4.79 Å². The van der Waals surface area contributed by atoms with Crippen LogP contribution in [0.15, 0.2) is 0 Å². The Morgan fingerprint density at radius 3 is 2.15 bits per heavy atom. The zero-order valence-corrected chi connectivity index (χ0v) is 16.0. The number of piperidine rings is 1. The SMILES string of the molecule is [CH2-]C.[CH2-]CCCCCCC(=O)N1CCC(CC)CC1.[Os+2]. The third-order valence-electron chi connectivity index (χ3n) is 3.94. The molecule has 1 heterocycles. The normalized spacial score (nSPS) is 15.1. The zero-order chi connectivity index (χ0) is 14.5. The fourth-order valence-electron chi connectivity index (χ4n) is 2.56. The van der Waals surface area contributed by atoms with Gasteiger partial charge in [0.05, 0.1) is 0 Å². The summed E-state index contributed by atoms with van der Waals surface area (Å²) < 4.78 is 0. The minimum absolute atomic E-state index is 0. The Morgan fingerprint density at radius 2 is 1.65 bits per heavy atom. The van der Waals surface area contributed by atoms with E-state index in [0.717, 1.165) is 38.3 Å². The average Bonchev–Trinajstić information content (AvgIpc) is 2.49. The molecule has 1 fully saturated rings. The number of unbranched alkanes of at least 4 members (excludes halogenated alkanes) is 4. The molecular formula is C17H33NOOs. The van der Waals surface area contributed by atoms with E-state index in [0.29, 0.717) is 5.91 Å². The molecule has 1 rings (SSSR count). The quantitative estimate of drug-likeness (QED) is 0.403. The van der Waals surface area contributed by atoms with Crippen molar-refractivity contribution in [2.45, 2.75) is 71.6 Å². The molecule has 0 aromatic heterocycles. The number of likely N-dealkylation sites (tertiary alicyclic amines) is 1. The van der Waals surface area contributed by atoms with Crippen LogP contribution in [0.3, 0.4) is 0 Å². The number of hydrogen-bond donors (Lipinski definition) is 0. The van der Waals surface area contributed by atoms with Crippen LogP contribution in [0.5, 0.6) is 0 Å². The van der Waals surface area contributed by atoms with E-state index in [4.69, 9.17) is 0 Å². The van der Waals surface area contributed by atoms with E-state index in [1.807, 2.05) is 0 Å². The van der Waals surface area contributed by atoms with E-state index >= 15 is 0 Å². The molecule has 0 saturated carbocycles. The van der Waals surface area contributed by atoms with E-state index in [1.54, 1.807) is 6.92 Å². The Balaban J connectivity index is 0. The largest absolute Gasteiger partial charge is 2.00 e. The predicted molar refractivity (Wildman–Crippen MR) is 83.7 cm³/mol. The minimum atomic E-state index is 0. The Kier molecular flexibility index (Phi) is 17.3. The molecule has 1 aliphatic heterocycles. The van der Waals surface area contributed by atoms with Crippen molar-refractivity contribution in [1.82, 2.24) is 4.90 Å². The summed E-state index contributed by atoms with van der Waals surface area (Å²) >= 11 is 0. The van der Waals surface area contributed by atoms with Gasteiger partial charge in [-0.15, -0.1) is 0 Å². The van der Waals surface area contributed by atoms with E-state index in [1.165, 1.54) is 38.5 Å². The van der Waals surface area contributed by atoms with Crippen molar-refractivity contribution >= 4 is 5.91 Å². The van der Waals surface area contributed by atoms with Crippen molar-refractivity contribution in [3.63, 3.8) is 0 Å². The molecule has 3 heteroatoms. The molecule has 1 aliphatic rings. The van der Waals surface area contributed by atoms with Crippen LogP contribution in [-0.4, -0.2) is 23.9 Å². The van der Waals surface area contributed by atoms with Crippen molar-refractivity contribution in [2.75, 3.05) is 13.1 Å². The summed E-state index contributed by atoms with van der Waals surface area (Å²) in [4.78, 5) is 14.0. The van der Waals surface area contributed by atoms with Crippen LogP contribution in [0.1, 0.15) is 71.6 Å². The monoisotopic (exact) mass is 459 g/mol. The second kappa shape index (κ2) is 15.5. The topological polar surface area (TPSA) is 20.3 Å². The summed E-state index contributed by atoms with van der Waals surface area (Å²) in [7, 11) is 0. The van der Waals surface area contributed by atoms with Gasteiger partial charge in [-0.3, -0.25) is 4.79 Å². The zero-order valence-electron chi connectivity index (χ0n) is 13.5. The summed E-state index contributed by atoms with van der Waals surface area (Å²) in [6.07, 6.45) is 10.2. The molecule has 0 aromatic carbocycles. The fourth-order valence-corrected chi connectivity index (χ4v) is 2.56. The smallest absolute Gasteiger partial charge is 0.346 e. The Bertz CT molecular complexity index is 213. The molecule has 0 aromatic rings. The van der Waals surface area contributed by atoms with Gasteiger partial charge in [0.15, 0.2) is 0 Å². The van der Waals surface area contributed by atoms with Crippen molar-refractivity contribution < 1.29 is 24.6 Å². The van der Waals surface area contributed by atoms with Gasteiger partial charge in [-0.1, -0.05) is 32.6 Å². The van der Waals surface area contributed by atoms with Gasteiger partial charge < -0.3 is 18.7 Å². The summed E-state index contributed by atoms with van der Waals surface area (Å²) in [6.45, 7) is 13.1. The van der Waals surface area contributed by atoms with Crippen molar-refractivity contribution in [1.29, 1.82) is 0 Å². The first-order valence-corrected chi connectivity index (χ1v) is 8.05. The van der Waals surface area contributed by atoms with Gasteiger partial charge in [0.25, 0.3) is 0 Å². The standard InChI is InChI=1S/C15H28NO.C2H5.Os/c1-3-5-6-7-8-9-15(17)16-12-10-14(4-2)11-13-16;1-2;/h14H,1,3-13H2,2H3;1H2,2H3;/q2*-1;+2. The third-order valence-corrected chi connectivity index (χ3v) is 3.94. The summed E-state index contributed by atoms with van der Waals surface area (Å²) in [6, 6.07) is 0.